The fourth-order valence-electron chi connectivity index (χ4n) is 5.22. The molecule has 220 valence electrons. The number of nitrogens with one attached hydrogen (secondary N) is 2. The van der Waals surface area contributed by atoms with Crippen molar-refractivity contribution in [2.75, 3.05) is 0 Å². The highest BCUT2D eigenvalue weighted by Gasteiger charge is 2.46. The quantitative estimate of drug-likeness (QED) is 0.369. The topological polar surface area (TPSA) is 128 Å². The minimum Gasteiger partial charge on any atom is -0.448 e. The maximum absolute atomic E-state index is 15.1. The minimum atomic E-state index is -1.07. The van der Waals surface area contributed by atoms with Crippen LogP contribution in [0.25, 0.3) is 0 Å². The zero-order valence-corrected chi connectivity index (χ0v) is 24.5. The van der Waals surface area contributed by atoms with Gasteiger partial charge in [-0.25, -0.2) is 13.9 Å². The average Bonchev–Trinajstić information content (AvgIpc) is 3.37. The van der Waals surface area contributed by atoms with Crippen molar-refractivity contribution in [3.63, 3.8) is 0 Å². The normalized spacial score (nSPS) is 17.5. The molecule has 1 aliphatic heterocycles. The number of aryl methyl sites for hydroxylation is 2. The summed E-state index contributed by atoms with van der Waals surface area (Å²) >= 11 is 6.09. The van der Waals surface area contributed by atoms with Gasteiger partial charge in [0.05, 0.1) is 29.3 Å². The Kier molecular flexibility index (Phi) is 8.68. The predicted molar refractivity (Wildman–Crippen MR) is 151 cm³/mol. The van der Waals surface area contributed by atoms with Crippen LogP contribution in [0.15, 0.2) is 41.2 Å². The second kappa shape index (κ2) is 11.9. The van der Waals surface area contributed by atoms with Crippen LogP contribution >= 0.6 is 11.6 Å². The molecule has 0 radical (unpaired) electrons. The standard InChI is InChI=1S/C30H30ClF2N5O4/c1-15-8-19(12-22(33)26(15)42-24-9-16(2)36-37-28(24)40)27(39)35-17(3)29(41)38-23(6-7-25(38)30(4,5)14-34)18-10-20(31)13-21(32)11-18/h8-13,17,23,25H,6-7H2,1-5H3,(H,35,39)(H,37,40)/t17?,23-,25+/m0/s1. The molecule has 1 aliphatic rings. The molecule has 1 aromatic heterocycles. The molecule has 42 heavy (non-hydrogen) atoms. The van der Waals surface area contributed by atoms with Gasteiger partial charge in [0.2, 0.25) is 5.91 Å². The highest BCUT2D eigenvalue weighted by atomic mass is 35.5. The van der Waals surface area contributed by atoms with Gasteiger partial charge in [-0.3, -0.25) is 14.4 Å². The predicted octanol–water partition coefficient (Wildman–Crippen LogP) is 5.51. The Morgan fingerprint density at radius 2 is 1.90 bits per heavy atom. The number of carbonyl (C=O) groups is 2. The Morgan fingerprint density at radius 1 is 1.19 bits per heavy atom. The summed E-state index contributed by atoms with van der Waals surface area (Å²) in [6.45, 7) is 8.07. The smallest absolute Gasteiger partial charge is 0.307 e. The van der Waals surface area contributed by atoms with E-state index in [9.17, 15) is 24.0 Å². The Bertz CT molecular complexity index is 1610. The van der Waals surface area contributed by atoms with Crippen molar-refractivity contribution < 1.29 is 23.1 Å². The number of aromatic nitrogens is 2. The van der Waals surface area contributed by atoms with Crippen LogP contribution in [0.4, 0.5) is 8.78 Å². The first-order valence-electron chi connectivity index (χ1n) is 13.3. The van der Waals surface area contributed by atoms with Gasteiger partial charge in [-0.05, 0) is 88.9 Å². The minimum absolute atomic E-state index is 0.0689. The highest BCUT2D eigenvalue weighted by Crippen LogP contribution is 2.44. The van der Waals surface area contributed by atoms with Crippen LogP contribution in [0.3, 0.4) is 0 Å². The van der Waals surface area contributed by atoms with Crippen LogP contribution in [0, 0.1) is 42.2 Å². The molecular weight excluding hydrogens is 568 g/mol. The molecule has 2 amide bonds. The van der Waals surface area contributed by atoms with E-state index in [0.717, 1.165) is 6.07 Å². The number of halogens is 3. The third kappa shape index (κ3) is 6.29. The first-order chi connectivity index (χ1) is 19.7. The average molecular weight is 598 g/mol. The van der Waals surface area contributed by atoms with Gasteiger partial charge in [0.15, 0.2) is 17.3 Å². The van der Waals surface area contributed by atoms with Crippen LogP contribution in [-0.2, 0) is 4.79 Å². The molecule has 0 saturated carbocycles. The van der Waals surface area contributed by atoms with Crippen LogP contribution in [0.5, 0.6) is 11.5 Å². The third-order valence-corrected chi connectivity index (χ3v) is 7.57. The second-order valence-corrected chi connectivity index (χ2v) is 11.4. The molecule has 4 rings (SSSR count). The number of nitrogens with zero attached hydrogens (tertiary/aromatic N) is 3. The summed E-state index contributed by atoms with van der Waals surface area (Å²) in [6, 6.07) is 7.83. The van der Waals surface area contributed by atoms with E-state index in [2.05, 4.69) is 21.6 Å². The van der Waals surface area contributed by atoms with Crippen LogP contribution in [0.1, 0.15) is 66.8 Å². The maximum atomic E-state index is 15.1. The fraction of sp³-hybridized carbons (Fsp3) is 0.367. The Morgan fingerprint density at radius 3 is 2.55 bits per heavy atom. The van der Waals surface area contributed by atoms with Crippen LogP contribution < -0.4 is 15.6 Å². The lowest BCUT2D eigenvalue weighted by Crippen LogP contribution is -2.52. The number of H-pyrrole nitrogens is 1. The Labute approximate surface area is 246 Å². The second-order valence-electron chi connectivity index (χ2n) is 11.0. The number of hydrogen-bond acceptors (Lipinski definition) is 6. The summed E-state index contributed by atoms with van der Waals surface area (Å²) in [5, 5.41) is 18.6. The highest BCUT2D eigenvalue weighted by molar-refractivity contribution is 6.30. The number of nitriles is 1. The van der Waals surface area contributed by atoms with Gasteiger partial charge >= 0.3 is 5.56 Å². The van der Waals surface area contributed by atoms with Gasteiger partial charge in [-0.2, -0.15) is 10.4 Å². The van der Waals surface area contributed by atoms with E-state index in [4.69, 9.17) is 16.3 Å². The van der Waals surface area contributed by atoms with Gasteiger partial charge in [-0.1, -0.05) is 11.6 Å². The third-order valence-electron chi connectivity index (χ3n) is 7.35. The Balaban J connectivity index is 1.58. The van der Waals surface area contributed by atoms with E-state index in [-0.39, 0.29) is 27.6 Å². The lowest BCUT2D eigenvalue weighted by Gasteiger charge is -2.38. The Hall–Kier alpha value is -4.30. The molecule has 2 aromatic carbocycles. The van der Waals surface area contributed by atoms with E-state index >= 15 is 4.39 Å². The van der Waals surface area contributed by atoms with E-state index in [1.165, 1.54) is 43.0 Å². The van der Waals surface area contributed by atoms with Crippen molar-refractivity contribution in [3.05, 3.63) is 85.8 Å². The number of hydrogen-bond donors (Lipinski definition) is 2. The van der Waals surface area contributed by atoms with Crippen molar-refractivity contribution >= 4 is 23.4 Å². The van der Waals surface area contributed by atoms with Crippen LogP contribution in [-0.4, -0.2) is 39.0 Å². The summed E-state index contributed by atoms with van der Waals surface area (Å²) in [6.07, 6.45) is 0.950. The monoisotopic (exact) mass is 597 g/mol. The molecule has 0 bridgehead atoms. The van der Waals surface area contributed by atoms with E-state index in [1.807, 2.05) is 0 Å². The van der Waals surface area contributed by atoms with E-state index < -0.39 is 52.5 Å². The number of likely N-dealkylation sites (tertiary alicyclic amines) is 1. The molecule has 1 unspecified atom stereocenters. The number of carbonyl (C=O) groups excluding carboxylic acids is 2. The van der Waals surface area contributed by atoms with E-state index in [0.29, 0.717) is 24.1 Å². The number of benzene rings is 2. The summed E-state index contributed by atoms with van der Waals surface area (Å²) in [4.78, 5) is 40.5. The van der Waals surface area contributed by atoms with Crippen molar-refractivity contribution in [1.29, 1.82) is 5.26 Å². The van der Waals surface area contributed by atoms with Crippen molar-refractivity contribution in [1.82, 2.24) is 20.4 Å². The summed E-state index contributed by atoms with van der Waals surface area (Å²) in [5.74, 6) is -3.03. The zero-order chi connectivity index (χ0) is 30.9. The largest absolute Gasteiger partial charge is 0.448 e. The first-order valence-corrected chi connectivity index (χ1v) is 13.6. The molecule has 0 aliphatic carbocycles. The molecule has 2 N–H and O–H groups in total. The maximum Gasteiger partial charge on any atom is 0.307 e. The molecule has 1 fully saturated rings. The van der Waals surface area contributed by atoms with Gasteiger partial charge in [0, 0.05) is 16.7 Å². The van der Waals surface area contributed by atoms with Gasteiger partial charge in [-0.15, -0.1) is 0 Å². The molecule has 2 heterocycles. The van der Waals surface area contributed by atoms with Gasteiger partial charge < -0.3 is 15.0 Å². The molecule has 1 saturated heterocycles. The molecular formula is C30H30ClF2N5O4. The number of aromatic amines is 1. The SMILES string of the molecule is Cc1cc(Oc2c(C)cc(C(=O)NC(C)C(=O)N3[C@H](c4cc(F)cc(Cl)c4)CC[C@@H]3C(C)(C)C#N)cc2F)c(=O)[nH]n1. The van der Waals surface area contributed by atoms with E-state index in [1.54, 1.807) is 26.8 Å². The molecule has 0 spiro atoms. The van der Waals surface area contributed by atoms with Crippen molar-refractivity contribution in [3.8, 4) is 17.6 Å². The molecule has 12 heteroatoms. The molecule has 3 aromatic rings. The summed E-state index contributed by atoms with van der Waals surface area (Å²) < 4.78 is 34.8. The lowest BCUT2D eigenvalue weighted by atomic mass is 9.84. The first kappa shape index (κ1) is 30.7. The zero-order valence-electron chi connectivity index (χ0n) is 23.7. The number of amides is 2. The van der Waals surface area contributed by atoms with Crippen LogP contribution in [0.2, 0.25) is 5.02 Å². The van der Waals surface area contributed by atoms with Gasteiger partial charge in [0.25, 0.3) is 5.91 Å². The molecule has 9 nitrogen and oxygen atoms in total. The van der Waals surface area contributed by atoms with Crippen molar-refractivity contribution in [2.45, 2.75) is 65.6 Å². The van der Waals surface area contributed by atoms with Gasteiger partial charge in [0.1, 0.15) is 11.9 Å². The fourth-order valence-corrected chi connectivity index (χ4v) is 5.45. The summed E-state index contributed by atoms with van der Waals surface area (Å²) in [7, 11) is 0. The number of ether oxygens (including phenoxy) is 1. The van der Waals surface area contributed by atoms with Crippen molar-refractivity contribution in [2.24, 2.45) is 5.41 Å². The number of rotatable bonds is 7. The lowest BCUT2D eigenvalue weighted by molar-refractivity contribution is -0.137. The summed E-state index contributed by atoms with van der Waals surface area (Å²) in [5.41, 5.74) is -0.464. The molecule has 3 atom stereocenters.